The van der Waals surface area contributed by atoms with E-state index in [4.69, 9.17) is 9.94 Å². The highest BCUT2D eigenvalue weighted by Gasteiger charge is 2.20. The third kappa shape index (κ3) is 5.24. The number of benzene rings is 2. The minimum atomic E-state index is -0.537. The van der Waals surface area contributed by atoms with Crippen LogP contribution in [-0.2, 0) is 17.8 Å². The van der Waals surface area contributed by atoms with Crippen molar-refractivity contribution in [2.45, 2.75) is 33.7 Å². The highest BCUT2D eigenvalue weighted by atomic mass is 16.5. The van der Waals surface area contributed by atoms with Gasteiger partial charge in [0.25, 0.3) is 5.91 Å². The van der Waals surface area contributed by atoms with Gasteiger partial charge in [0.1, 0.15) is 5.75 Å². The van der Waals surface area contributed by atoms with Gasteiger partial charge in [0, 0.05) is 41.2 Å². The zero-order valence-electron chi connectivity index (χ0n) is 18.4. The van der Waals surface area contributed by atoms with Crippen LogP contribution < -0.4 is 15.5 Å². The van der Waals surface area contributed by atoms with Crippen LogP contribution in [0.3, 0.4) is 0 Å². The Morgan fingerprint density at radius 2 is 1.81 bits per heavy atom. The highest BCUT2D eigenvalue weighted by molar-refractivity contribution is 5.93. The van der Waals surface area contributed by atoms with Gasteiger partial charge in [-0.05, 0) is 47.9 Å². The number of hydrogen-bond acceptors (Lipinski definition) is 4. The van der Waals surface area contributed by atoms with Crippen molar-refractivity contribution in [2.75, 3.05) is 13.7 Å². The third-order valence-electron chi connectivity index (χ3n) is 5.20. The van der Waals surface area contributed by atoms with Crippen molar-refractivity contribution in [3.8, 4) is 5.75 Å². The summed E-state index contributed by atoms with van der Waals surface area (Å²) in [5.41, 5.74) is 4.82. The fourth-order valence-corrected chi connectivity index (χ4v) is 3.41. The number of nitrogens with zero attached hydrogens (tertiary/aromatic N) is 1. The normalized spacial score (nSPS) is 11.4. The van der Waals surface area contributed by atoms with E-state index in [0.29, 0.717) is 25.1 Å². The standard InChI is InChI=1S/C24H29N3O4/c1-24(2,3)23(29)25-12-11-18-15-27(21-10-9-19(31-4)13-20(18)21)14-16-5-7-17(8-6-16)22(28)26-30/h5-10,13,15,30H,11-12,14H2,1-4H3,(H,25,29)(H,26,28). The average molecular weight is 424 g/mol. The number of carbonyl (C=O) groups excluding carboxylic acids is 2. The summed E-state index contributed by atoms with van der Waals surface area (Å²) in [5, 5.41) is 12.9. The minimum absolute atomic E-state index is 0.0285. The van der Waals surface area contributed by atoms with Crippen LogP contribution in [0.25, 0.3) is 10.9 Å². The Bertz CT molecular complexity index is 1080. The molecule has 1 aromatic heterocycles. The first-order chi connectivity index (χ1) is 14.7. The van der Waals surface area contributed by atoms with E-state index in [1.165, 1.54) is 0 Å². The summed E-state index contributed by atoms with van der Waals surface area (Å²) < 4.78 is 7.55. The zero-order valence-corrected chi connectivity index (χ0v) is 18.4. The summed E-state index contributed by atoms with van der Waals surface area (Å²) in [6, 6.07) is 13.1. The zero-order chi connectivity index (χ0) is 22.6. The Hall–Kier alpha value is -3.32. The van der Waals surface area contributed by atoms with Crippen LogP contribution in [-0.4, -0.2) is 35.2 Å². The molecule has 0 spiro atoms. The third-order valence-corrected chi connectivity index (χ3v) is 5.20. The second-order valence-electron chi connectivity index (χ2n) is 8.56. The molecular formula is C24H29N3O4. The van der Waals surface area contributed by atoms with Crippen molar-refractivity contribution >= 4 is 22.7 Å². The number of fused-ring (bicyclic) bond motifs is 1. The molecule has 0 unspecified atom stereocenters. The van der Waals surface area contributed by atoms with E-state index in [1.54, 1.807) is 24.7 Å². The quantitative estimate of drug-likeness (QED) is 0.400. The molecule has 31 heavy (non-hydrogen) atoms. The van der Waals surface area contributed by atoms with Crippen molar-refractivity contribution in [1.29, 1.82) is 0 Å². The Balaban J connectivity index is 1.84. The van der Waals surface area contributed by atoms with Crippen LogP contribution >= 0.6 is 0 Å². The Morgan fingerprint density at radius 1 is 1.10 bits per heavy atom. The summed E-state index contributed by atoms with van der Waals surface area (Å²) >= 11 is 0. The summed E-state index contributed by atoms with van der Waals surface area (Å²) in [7, 11) is 1.64. The van der Waals surface area contributed by atoms with Gasteiger partial charge in [-0.1, -0.05) is 32.9 Å². The van der Waals surface area contributed by atoms with E-state index in [-0.39, 0.29) is 5.91 Å². The lowest BCUT2D eigenvalue weighted by Gasteiger charge is -2.17. The van der Waals surface area contributed by atoms with Gasteiger partial charge >= 0.3 is 0 Å². The van der Waals surface area contributed by atoms with Gasteiger partial charge in [0.05, 0.1) is 7.11 Å². The van der Waals surface area contributed by atoms with Gasteiger partial charge in [-0.25, -0.2) is 5.48 Å². The molecule has 0 fully saturated rings. The molecule has 2 aromatic carbocycles. The molecule has 1 heterocycles. The molecule has 0 aliphatic rings. The molecule has 0 saturated heterocycles. The molecule has 0 saturated carbocycles. The molecule has 7 heteroatoms. The smallest absolute Gasteiger partial charge is 0.274 e. The van der Waals surface area contributed by atoms with Gasteiger partial charge in [-0.2, -0.15) is 0 Å². The lowest BCUT2D eigenvalue weighted by molar-refractivity contribution is -0.128. The van der Waals surface area contributed by atoms with E-state index < -0.39 is 11.3 Å². The number of ether oxygens (including phenoxy) is 1. The van der Waals surface area contributed by atoms with Crippen molar-refractivity contribution in [1.82, 2.24) is 15.4 Å². The summed E-state index contributed by atoms with van der Waals surface area (Å²) in [6.07, 6.45) is 2.80. The van der Waals surface area contributed by atoms with E-state index in [9.17, 15) is 9.59 Å². The summed E-state index contributed by atoms with van der Waals surface area (Å²) in [6.45, 7) is 6.87. The predicted molar refractivity (Wildman–Crippen MR) is 119 cm³/mol. The van der Waals surface area contributed by atoms with Crippen LogP contribution in [0.1, 0.15) is 42.3 Å². The number of nitrogens with one attached hydrogen (secondary N) is 2. The predicted octanol–water partition coefficient (Wildman–Crippen LogP) is 3.52. The molecule has 2 amide bonds. The van der Waals surface area contributed by atoms with Crippen LogP contribution in [0, 0.1) is 5.41 Å². The molecule has 3 aromatic rings. The Morgan fingerprint density at radius 3 is 2.42 bits per heavy atom. The fourth-order valence-electron chi connectivity index (χ4n) is 3.41. The first-order valence-corrected chi connectivity index (χ1v) is 10.2. The topological polar surface area (TPSA) is 92.6 Å². The number of aromatic nitrogens is 1. The van der Waals surface area contributed by atoms with Gasteiger partial charge in [-0.3, -0.25) is 14.8 Å². The summed E-state index contributed by atoms with van der Waals surface area (Å²) in [5.74, 6) is 0.273. The SMILES string of the molecule is COc1ccc2c(c1)c(CCNC(=O)C(C)(C)C)cn2Cc1ccc(C(=O)NO)cc1. The summed E-state index contributed by atoms with van der Waals surface area (Å²) in [4.78, 5) is 23.7. The molecule has 7 nitrogen and oxygen atoms in total. The maximum Gasteiger partial charge on any atom is 0.274 e. The van der Waals surface area contributed by atoms with Crippen LogP contribution in [0.15, 0.2) is 48.7 Å². The Kier molecular flexibility index (Phi) is 6.65. The Labute approximate surface area is 182 Å². The number of rotatable bonds is 7. The van der Waals surface area contributed by atoms with Crippen LogP contribution in [0.5, 0.6) is 5.75 Å². The van der Waals surface area contributed by atoms with Gasteiger partial charge < -0.3 is 14.6 Å². The van der Waals surface area contributed by atoms with Gasteiger partial charge in [-0.15, -0.1) is 0 Å². The van der Waals surface area contributed by atoms with Crippen molar-refractivity contribution in [2.24, 2.45) is 5.41 Å². The molecule has 0 aliphatic heterocycles. The molecule has 0 bridgehead atoms. The lowest BCUT2D eigenvalue weighted by atomic mass is 9.95. The van der Waals surface area contributed by atoms with Crippen molar-refractivity contribution < 1.29 is 19.5 Å². The molecule has 3 N–H and O–H groups in total. The van der Waals surface area contributed by atoms with Crippen molar-refractivity contribution in [3.63, 3.8) is 0 Å². The largest absolute Gasteiger partial charge is 0.497 e. The van der Waals surface area contributed by atoms with Crippen LogP contribution in [0.4, 0.5) is 0 Å². The van der Waals surface area contributed by atoms with E-state index >= 15 is 0 Å². The molecule has 0 atom stereocenters. The second-order valence-corrected chi connectivity index (χ2v) is 8.56. The van der Waals surface area contributed by atoms with Gasteiger partial charge in [0.2, 0.25) is 5.91 Å². The molecule has 3 rings (SSSR count). The van der Waals surface area contributed by atoms with Crippen molar-refractivity contribution in [3.05, 3.63) is 65.4 Å². The monoisotopic (exact) mass is 423 g/mol. The first-order valence-electron chi connectivity index (χ1n) is 10.2. The van der Waals surface area contributed by atoms with Crippen LogP contribution in [0.2, 0.25) is 0 Å². The number of amides is 2. The number of methoxy groups -OCH3 is 1. The number of hydroxylamine groups is 1. The van der Waals surface area contributed by atoms with E-state index in [0.717, 1.165) is 27.8 Å². The highest BCUT2D eigenvalue weighted by Crippen LogP contribution is 2.27. The maximum absolute atomic E-state index is 12.2. The minimum Gasteiger partial charge on any atom is -0.497 e. The van der Waals surface area contributed by atoms with Gasteiger partial charge in [0.15, 0.2) is 0 Å². The van der Waals surface area contributed by atoms with E-state index in [1.807, 2.05) is 51.1 Å². The number of carbonyl (C=O) groups is 2. The molecule has 164 valence electrons. The molecular weight excluding hydrogens is 394 g/mol. The first kappa shape index (κ1) is 22.4. The molecule has 0 radical (unpaired) electrons. The molecule has 0 aliphatic carbocycles. The average Bonchev–Trinajstić information content (AvgIpc) is 3.09. The van der Waals surface area contributed by atoms with E-state index in [2.05, 4.69) is 16.1 Å². The maximum atomic E-state index is 12.2. The lowest BCUT2D eigenvalue weighted by Crippen LogP contribution is -2.35. The fraction of sp³-hybridized carbons (Fsp3) is 0.333. The second kappa shape index (κ2) is 9.22. The number of hydrogen-bond donors (Lipinski definition) is 3.